The zero-order valence-electron chi connectivity index (χ0n) is 13.3. The van der Waals surface area contributed by atoms with Crippen LogP contribution in [0, 0.1) is 3.57 Å². The molecule has 3 rings (SSSR count). The first-order valence-corrected chi connectivity index (χ1v) is 9.42. The third kappa shape index (κ3) is 4.33. The van der Waals surface area contributed by atoms with Crippen molar-refractivity contribution in [2.45, 2.75) is 50.6 Å². The standard InChI is InChI=1S/C18H21F2IN2O/c19-17(20)10-22-13-4-6-14(7-5-13)23-18(24)16-9-12(21)8-11-2-1-3-15(11)16/h1-2,8-9,13-14,17,22H,3-7,10H2,(H,23,24). The van der Waals surface area contributed by atoms with Crippen LogP contribution in [0.5, 0.6) is 0 Å². The highest BCUT2D eigenvalue weighted by Gasteiger charge is 2.24. The van der Waals surface area contributed by atoms with Crippen LogP contribution < -0.4 is 10.6 Å². The minimum atomic E-state index is -2.31. The number of carbonyl (C=O) groups excluding carboxylic acids is 1. The Morgan fingerprint density at radius 1 is 1.21 bits per heavy atom. The SMILES string of the molecule is O=C(NC1CCC(NCC(F)F)CC1)c1cc(I)cc2c1CC=C2. The van der Waals surface area contributed by atoms with Gasteiger partial charge in [-0.2, -0.15) is 0 Å². The van der Waals surface area contributed by atoms with Gasteiger partial charge in [-0.25, -0.2) is 8.78 Å². The first-order valence-electron chi connectivity index (χ1n) is 8.34. The summed E-state index contributed by atoms with van der Waals surface area (Å²) in [6, 6.07) is 4.30. The van der Waals surface area contributed by atoms with Gasteiger partial charge in [0.25, 0.3) is 12.3 Å². The normalized spacial score (nSPS) is 22.7. The molecule has 0 aromatic heterocycles. The molecule has 2 N–H and O–H groups in total. The predicted octanol–water partition coefficient (Wildman–Crippen LogP) is 3.76. The molecule has 130 valence electrons. The second kappa shape index (κ2) is 7.91. The van der Waals surface area contributed by atoms with Gasteiger partial charge in [-0.15, -0.1) is 0 Å². The number of nitrogens with one attached hydrogen (secondary N) is 2. The average molecular weight is 446 g/mol. The van der Waals surface area contributed by atoms with Crippen LogP contribution in [0.4, 0.5) is 8.78 Å². The van der Waals surface area contributed by atoms with Gasteiger partial charge < -0.3 is 10.6 Å². The number of halogens is 3. The monoisotopic (exact) mass is 446 g/mol. The number of fused-ring (bicyclic) bond motifs is 1. The molecule has 0 heterocycles. The van der Waals surface area contributed by atoms with Crippen molar-refractivity contribution in [2.24, 2.45) is 0 Å². The van der Waals surface area contributed by atoms with Gasteiger partial charge in [-0.05, 0) is 78.0 Å². The van der Waals surface area contributed by atoms with E-state index in [0.29, 0.717) is 0 Å². The highest BCUT2D eigenvalue weighted by molar-refractivity contribution is 14.1. The number of benzene rings is 1. The number of alkyl halides is 2. The Morgan fingerprint density at radius 2 is 1.92 bits per heavy atom. The largest absolute Gasteiger partial charge is 0.349 e. The molecule has 1 aromatic rings. The second-order valence-corrected chi connectivity index (χ2v) is 7.69. The van der Waals surface area contributed by atoms with Crippen molar-refractivity contribution >= 4 is 34.6 Å². The topological polar surface area (TPSA) is 41.1 Å². The number of allylic oxidation sites excluding steroid dienone is 1. The van der Waals surface area contributed by atoms with Crippen molar-refractivity contribution in [3.8, 4) is 0 Å². The highest BCUT2D eigenvalue weighted by Crippen LogP contribution is 2.27. The quantitative estimate of drug-likeness (QED) is 0.677. The summed E-state index contributed by atoms with van der Waals surface area (Å²) in [4.78, 5) is 12.7. The molecule has 1 fully saturated rings. The van der Waals surface area contributed by atoms with E-state index >= 15 is 0 Å². The third-order valence-electron chi connectivity index (χ3n) is 4.74. The lowest BCUT2D eigenvalue weighted by Gasteiger charge is -2.30. The Kier molecular flexibility index (Phi) is 5.86. The van der Waals surface area contributed by atoms with E-state index in [0.717, 1.165) is 52.4 Å². The third-order valence-corrected chi connectivity index (χ3v) is 5.36. The highest BCUT2D eigenvalue weighted by atomic mass is 127. The molecule has 1 aromatic carbocycles. The summed E-state index contributed by atoms with van der Waals surface area (Å²) in [7, 11) is 0. The van der Waals surface area contributed by atoms with E-state index in [-0.39, 0.29) is 24.5 Å². The molecule has 0 spiro atoms. The molecule has 24 heavy (non-hydrogen) atoms. The van der Waals surface area contributed by atoms with E-state index in [1.807, 2.05) is 6.07 Å². The molecule has 0 radical (unpaired) electrons. The summed E-state index contributed by atoms with van der Waals surface area (Å²) in [5, 5.41) is 6.03. The zero-order chi connectivity index (χ0) is 17.1. The molecule has 1 amide bonds. The van der Waals surface area contributed by atoms with E-state index < -0.39 is 6.43 Å². The van der Waals surface area contributed by atoms with Crippen molar-refractivity contribution in [1.82, 2.24) is 10.6 Å². The Bertz CT molecular complexity index is 640. The van der Waals surface area contributed by atoms with E-state index in [9.17, 15) is 13.6 Å². The summed E-state index contributed by atoms with van der Waals surface area (Å²) in [5.74, 6) is -0.0162. The average Bonchev–Trinajstić information content (AvgIpc) is 3.01. The maximum atomic E-state index is 12.7. The number of rotatable bonds is 5. The first-order chi connectivity index (χ1) is 11.5. The van der Waals surface area contributed by atoms with Gasteiger partial charge in [0.05, 0.1) is 6.54 Å². The fraction of sp³-hybridized carbons (Fsp3) is 0.500. The van der Waals surface area contributed by atoms with Crippen molar-refractivity contribution in [1.29, 1.82) is 0 Å². The molecule has 0 aliphatic heterocycles. The lowest BCUT2D eigenvalue weighted by molar-refractivity contribution is 0.0921. The number of amides is 1. The first kappa shape index (κ1) is 17.8. The number of carbonyl (C=O) groups is 1. The van der Waals surface area contributed by atoms with Crippen LogP contribution in [0.2, 0.25) is 0 Å². The second-order valence-electron chi connectivity index (χ2n) is 6.45. The zero-order valence-corrected chi connectivity index (χ0v) is 15.5. The van der Waals surface area contributed by atoms with Crippen molar-refractivity contribution < 1.29 is 13.6 Å². The van der Waals surface area contributed by atoms with E-state index in [1.54, 1.807) is 0 Å². The van der Waals surface area contributed by atoms with E-state index in [4.69, 9.17) is 0 Å². The lowest BCUT2D eigenvalue weighted by atomic mass is 9.90. The molecular weight excluding hydrogens is 425 g/mol. The van der Waals surface area contributed by atoms with Crippen molar-refractivity contribution in [3.63, 3.8) is 0 Å². The molecule has 3 nitrogen and oxygen atoms in total. The van der Waals surface area contributed by atoms with Crippen LogP contribution in [0.15, 0.2) is 18.2 Å². The summed E-state index contributed by atoms with van der Waals surface area (Å²) in [6.07, 6.45) is 5.95. The maximum Gasteiger partial charge on any atom is 0.251 e. The van der Waals surface area contributed by atoms with Crippen molar-refractivity contribution in [3.05, 3.63) is 38.5 Å². The minimum Gasteiger partial charge on any atom is -0.349 e. The molecule has 0 unspecified atom stereocenters. The van der Waals surface area contributed by atoms with Crippen LogP contribution >= 0.6 is 22.6 Å². The molecule has 2 aliphatic carbocycles. The molecule has 2 aliphatic rings. The molecule has 1 saturated carbocycles. The van der Waals surface area contributed by atoms with Crippen LogP contribution in [0.25, 0.3) is 6.08 Å². The van der Waals surface area contributed by atoms with Crippen LogP contribution in [0.3, 0.4) is 0 Å². The van der Waals surface area contributed by atoms with Gasteiger partial charge in [0.2, 0.25) is 0 Å². The lowest BCUT2D eigenvalue weighted by Crippen LogP contribution is -2.43. The maximum absolute atomic E-state index is 12.7. The molecule has 0 saturated heterocycles. The Balaban J connectivity index is 1.56. The Morgan fingerprint density at radius 3 is 2.62 bits per heavy atom. The molecular formula is C18H21F2IN2O. The Hall–Kier alpha value is -1.02. The summed E-state index contributed by atoms with van der Waals surface area (Å²) < 4.78 is 25.5. The number of hydrogen-bond donors (Lipinski definition) is 2. The summed E-state index contributed by atoms with van der Waals surface area (Å²) in [5.41, 5.74) is 2.99. The smallest absolute Gasteiger partial charge is 0.251 e. The van der Waals surface area contributed by atoms with E-state index in [2.05, 4.69) is 51.4 Å². The Labute approximate surface area is 154 Å². The van der Waals surface area contributed by atoms with Gasteiger partial charge in [-0.3, -0.25) is 4.79 Å². The van der Waals surface area contributed by atoms with Crippen molar-refractivity contribution in [2.75, 3.05) is 6.54 Å². The summed E-state index contributed by atoms with van der Waals surface area (Å²) >= 11 is 2.24. The van der Waals surface area contributed by atoms with Crippen LogP contribution in [-0.4, -0.2) is 31.0 Å². The molecule has 0 atom stereocenters. The molecule has 0 bridgehead atoms. The number of hydrogen-bond acceptors (Lipinski definition) is 2. The van der Waals surface area contributed by atoms with Crippen LogP contribution in [0.1, 0.15) is 47.2 Å². The van der Waals surface area contributed by atoms with Crippen LogP contribution in [-0.2, 0) is 6.42 Å². The summed E-state index contributed by atoms with van der Waals surface area (Å²) in [6.45, 7) is -0.247. The minimum absolute atomic E-state index is 0.0162. The van der Waals surface area contributed by atoms with E-state index in [1.165, 1.54) is 0 Å². The van der Waals surface area contributed by atoms with Gasteiger partial charge in [-0.1, -0.05) is 12.2 Å². The fourth-order valence-corrected chi connectivity index (χ4v) is 4.15. The van der Waals surface area contributed by atoms with Gasteiger partial charge in [0, 0.05) is 21.2 Å². The van der Waals surface area contributed by atoms with Gasteiger partial charge in [0.1, 0.15) is 0 Å². The fourth-order valence-electron chi connectivity index (χ4n) is 3.50. The molecule has 6 heteroatoms. The predicted molar refractivity (Wildman–Crippen MR) is 99.4 cm³/mol. The van der Waals surface area contributed by atoms with Gasteiger partial charge >= 0.3 is 0 Å². The van der Waals surface area contributed by atoms with Gasteiger partial charge in [0.15, 0.2) is 0 Å².